The van der Waals surface area contributed by atoms with E-state index in [0.717, 1.165) is 19.6 Å². The van der Waals surface area contributed by atoms with Gasteiger partial charge in [0, 0.05) is 52.6 Å². The maximum absolute atomic E-state index is 13.4. The smallest absolute Gasteiger partial charge is 0.221 e. The summed E-state index contributed by atoms with van der Waals surface area (Å²) in [5.74, 6) is 0.294. The standard InChI is InChI=1S/C27H31ClFN5O2/c28-20-5-8-23(19(14-20)16-29)32-21-6-9-25(35)22(15-21)24-7-4-18(27(30)33-24)17-31-26(36)10-13-34-11-2-1-3-12-34/h4-9,14-15,32,35H,1-3,10-13,16-17H2,(H2,30,33)(H,31,36). The number of likely N-dealkylation sites (tertiary alicyclic amines) is 1. The summed E-state index contributed by atoms with van der Waals surface area (Å²) < 4.78 is 13.4. The Morgan fingerprint density at radius 3 is 2.64 bits per heavy atom. The van der Waals surface area contributed by atoms with E-state index in [1.807, 2.05) is 0 Å². The first kappa shape index (κ1) is 25.7. The van der Waals surface area contributed by atoms with Gasteiger partial charge in [-0.1, -0.05) is 24.1 Å². The van der Waals surface area contributed by atoms with Crippen molar-refractivity contribution < 1.29 is 14.3 Å². The average molecular weight is 512 g/mol. The molecule has 5 N–H and O–H groups in total. The Morgan fingerprint density at radius 2 is 1.89 bits per heavy atom. The zero-order valence-electron chi connectivity index (χ0n) is 20.1. The lowest BCUT2D eigenvalue weighted by molar-refractivity contribution is -0.121. The number of carbonyl (C=O) groups excluding carboxylic acids is 1. The fourth-order valence-electron chi connectivity index (χ4n) is 4.30. The second-order valence-corrected chi connectivity index (χ2v) is 9.40. The summed E-state index contributed by atoms with van der Waals surface area (Å²) in [6.07, 6.45) is 4.12. The van der Waals surface area contributed by atoms with Crippen molar-refractivity contribution in [3.8, 4) is 17.0 Å². The predicted octanol–water partition coefficient (Wildman–Crippen LogP) is 5.40. The van der Waals surface area contributed by atoms with Crippen LogP contribution in [0.5, 0.6) is 5.75 Å². The van der Waals surface area contributed by atoms with E-state index in [4.69, 9.17) is 17.3 Å². The molecule has 0 radical (unpaired) electrons. The molecule has 0 spiro atoms. The van der Waals surface area contributed by atoms with Gasteiger partial charge in [0.05, 0.1) is 5.69 Å². The Kier molecular flexibility index (Phi) is 8.61. The fourth-order valence-corrected chi connectivity index (χ4v) is 4.49. The lowest BCUT2D eigenvalue weighted by atomic mass is 10.1. The van der Waals surface area contributed by atoms with Gasteiger partial charge in [-0.15, -0.1) is 0 Å². The van der Waals surface area contributed by atoms with Crippen LogP contribution in [-0.2, 0) is 18.0 Å². The summed E-state index contributed by atoms with van der Waals surface area (Å²) in [6.45, 7) is 2.51. The molecule has 9 heteroatoms. The summed E-state index contributed by atoms with van der Waals surface area (Å²) in [7, 11) is 0. The second-order valence-electron chi connectivity index (χ2n) is 8.96. The highest BCUT2D eigenvalue weighted by Gasteiger charge is 2.14. The normalized spacial score (nSPS) is 13.9. The van der Waals surface area contributed by atoms with Crippen LogP contribution in [0.3, 0.4) is 0 Å². The zero-order chi connectivity index (χ0) is 25.5. The van der Waals surface area contributed by atoms with Gasteiger partial charge in [-0.3, -0.25) is 4.79 Å². The third-order valence-electron chi connectivity index (χ3n) is 6.35. The minimum Gasteiger partial charge on any atom is -0.507 e. The first-order valence-electron chi connectivity index (χ1n) is 12.1. The molecule has 1 fully saturated rings. The number of nitrogens with two attached hydrogens (primary N) is 1. The van der Waals surface area contributed by atoms with Gasteiger partial charge < -0.3 is 26.4 Å². The molecule has 1 amide bonds. The molecule has 190 valence electrons. The molecule has 0 aliphatic carbocycles. The molecule has 4 rings (SSSR count). The number of nitrogens with zero attached hydrogens (tertiary/aromatic N) is 2. The number of rotatable bonds is 9. The second kappa shape index (κ2) is 12.1. The Labute approximate surface area is 215 Å². The highest BCUT2D eigenvalue weighted by Crippen LogP contribution is 2.33. The Hall–Kier alpha value is -3.36. The van der Waals surface area contributed by atoms with E-state index in [1.165, 1.54) is 25.3 Å². The number of piperidine rings is 1. The number of aromatic hydroxyl groups is 1. The van der Waals surface area contributed by atoms with Crippen LogP contribution in [0.25, 0.3) is 11.3 Å². The number of halogens is 2. The number of hydrogen-bond acceptors (Lipinski definition) is 6. The molecule has 0 saturated carbocycles. The number of pyridine rings is 1. The minimum absolute atomic E-state index is 0.0182. The molecule has 7 nitrogen and oxygen atoms in total. The highest BCUT2D eigenvalue weighted by molar-refractivity contribution is 6.30. The lowest BCUT2D eigenvalue weighted by Crippen LogP contribution is -2.34. The van der Waals surface area contributed by atoms with E-state index in [1.54, 1.807) is 42.5 Å². The number of anilines is 3. The minimum atomic E-state index is -0.665. The quantitative estimate of drug-likeness (QED) is 0.287. The molecule has 0 atom stereocenters. The number of carbonyl (C=O) groups is 1. The van der Waals surface area contributed by atoms with Crippen molar-refractivity contribution in [3.05, 3.63) is 64.7 Å². The van der Waals surface area contributed by atoms with Gasteiger partial charge in [-0.2, -0.15) is 0 Å². The molecule has 2 heterocycles. The number of nitrogens with one attached hydrogen (secondary N) is 2. The predicted molar refractivity (Wildman–Crippen MR) is 142 cm³/mol. The number of nitrogen functional groups attached to an aromatic ring is 1. The average Bonchev–Trinajstić information content (AvgIpc) is 2.89. The van der Waals surface area contributed by atoms with Gasteiger partial charge in [-0.25, -0.2) is 9.37 Å². The van der Waals surface area contributed by atoms with E-state index in [2.05, 4.69) is 20.5 Å². The van der Waals surface area contributed by atoms with E-state index in [-0.39, 0.29) is 24.0 Å². The molecular formula is C27H31ClFN5O2. The molecule has 3 aromatic rings. The van der Waals surface area contributed by atoms with Gasteiger partial charge in [0.1, 0.15) is 18.2 Å². The van der Waals surface area contributed by atoms with Crippen LogP contribution in [0.15, 0.2) is 48.5 Å². The third kappa shape index (κ3) is 6.65. The molecule has 36 heavy (non-hydrogen) atoms. The van der Waals surface area contributed by atoms with Crippen molar-refractivity contribution in [1.29, 1.82) is 0 Å². The topological polar surface area (TPSA) is 104 Å². The molecule has 1 aromatic heterocycles. The Morgan fingerprint density at radius 1 is 1.08 bits per heavy atom. The van der Waals surface area contributed by atoms with Gasteiger partial charge in [0.2, 0.25) is 5.91 Å². The van der Waals surface area contributed by atoms with Crippen molar-refractivity contribution in [3.63, 3.8) is 0 Å². The summed E-state index contributed by atoms with van der Waals surface area (Å²) in [4.78, 5) is 19.1. The van der Waals surface area contributed by atoms with Crippen LogP contribution in [0.1, 0.15) is 36.8 Å². The Bertz CT molecular complexity index is 1220. The van der Waals surface area contributed by atoms with Crippen molar-refractivity contribution >= 4 is 34.7 Å². The number of alkyl halides is 1. The van der Waals surface area contributed by atoms with Crippen LogP contribution in [-0.4, -0.2) is 40.5 Å². The summed E-state index contributed by atoms with van der Waals surface area (Å²) in [5, 5.41) is 17.0. The number of benzene rings is 2. The Balaban J connectivity index is 1.41. The van der Waals surface area contributed by atoms with Crippen molar-refractivity contribution in [2.24, 2.45) is 0 Å². The number of aromatic nitrogens is 1. The summed E-state index contributed by atoms with van der Waals surface area (Å²) in [6, 6.07) is 13.4. The van der Waals surface area contributed by atoms with Crippen LogP contribution < -0.4 is 16.4 Å². The molecule has 1 aliphatic heterocycles. The number of amides is 1. The van der Waals surface area contributed by atoms with Gasteiger partial charge >= 0.3 is 0 Å². The van der Waals surface area contributed by atoms with E-state index in [0.29, 0.717) is 45.2 Å². The number of phenolic OH excluding ortho intramolecular Hbond substituents is 1. The largest absolute Gasteiger partial charge is 0.507 e. The lowest BCUT2D eigenvalue weighted by Gasteiger charge is -2.25. The molecule has 1 saturated heterocycles. The molecule has 0 bridgehead atoms. The number of hydrogen-bond donors (Lipinski definition) is 4. The van der Waals surface area contributed by atoms with E-state index in [9.17, 15) is 14.3 Å². The first-order chi connectivity index (χ1) is 17.4. The van der Waals surface area contributed by atoms with Crippen molar-refractivity contribution in [1.82, 2.24) is 15.2 Å². The zero-order valence-corrected chi connectivity index (χ0v) is 20.8. The molecule has 0 unspecified atom stereocenters. The monoisotopic (exact) mass is 511 g/mol. The molecular weight excluding hydrogens is 481 g/mol. The summed E-state index contributed by atoms with van der Waals surface area (Å²) >= 11 is 5.97. The van der Waals surface area contributed by atoms with E-state index < -0.39 is 6.67 Å². The first-order valence-corrected chi connectivity index (χ1v) is 12.5. The van der Waals surface area contributed by atoms with Crippen LogP contribution in [0.2, 0.25) is 5.02 Å². The van der Waals surface area contributed by atoms with Gasteiger partial charge in [-0.05, 0) is 68.4 Å². The van der Waals surface area contributed by atoms with Crippen LogP contribution >= 0.6 is 11.6 Å². The SMILES string of the molecule is Nc1nc(-c2cc(Nc3ccc(Cl)cc3CF)ccc2O)ccc1CNC(=O)CCN1CCCCC1. The maximum Gasteiger partial charge on any atom is 0.221 e. The highest BCUT2D eigenvalue weighted by atomic mass is 35.5. The fraction of sp³-hybridized carbons (Fsp3) is 0.333. The van der Waals surface area contributed by atoms with Gasteiger partial charge in [0.15, 0.2) is 0 Å². The maximum atomic E-state index is 13.4. The number of phenols is 1. The van der Waals surface area contributed by atoms with E-state index >= 15 is 0 Å². The van der Waals surface area contributed by atoms with Crippen molar-refractivity contribution in [2.45, 2.75) is 38.9 Å². The third-order valence-corrected chi connectivity index (χ3v) is 6.59. The van der Waals surface area contributed by atoms with Crippen molar-refractivity contribution in [2.75, 3.05) is 30.7 Å². The molecule has 1 aliphatic rings. The van der Waals surface area contributed by atoms with Crippen LogP contribution in [0.4, 0.5) is 21.6 Å². The molecule has 2 aromatic carbocycles. The summed E-state index contributed by atoms with van der Waals surface area (Å²) in [5.41, 5.74) is 9.49. The van der Waals surface area contributed by atoms with Crippen LogP contribution in [0, 0.1) is 0 Å². The van der Waals surface area contributed by atoms with Gasteiger partial charge in [0.25, 0.3) is 0 Å².